The predicted molar refractivity (Wildman–Crippen MR) is 68.3 cm³/mol. The first-order valence-electron chi connectivity index (χ1n) is 6.45. The highest BCUT2D eigenvalue weighted by Crippen LogP contribution is 2.38. The molecule has 0 saturated heterocycles. The van der Waals surface area contributed by atoms with E-state index in [2.05, 4.69) is 10.4 Å². The lowest BCUT2D eigenvalue weighted by atomic mass is 9.87. The van der Waals surface area contributed by atoms with Gasteiger partial charge in [0.25, 0.3) is 0 Å². The maximum Gasteiger partial charge on any atom is 0.331 e. The molecule has 1 aliphatic rings. The molecule has 1 unspecified atom stereocenters. The van der Waals surface area contributed by atoms with E-state index in [0.29, 0.717) is 5.56 Å². The van der Waals surface area contributed by atoms with E-state index in [1.807, 2.05) is 6.92 Å². The Hall–Kier alpha value is -1.85. The van der Waals surface area contributed by atoms with Crippen molar-refractivity contribution in [2.24, 2.45) is 12.5 Å². The van der Waals surface area contributed by atoms with Crippen LogP contribution >= 0.6 is 0 Å². The summed E-state index contributed by atoms with van der Waals surface area (Å²) in [5.74, 6) is -1.25. The highest BCUT2D eigenvalue weighted by Gasteiger charge is 2.38. The Bertz CT molecular complexity index is 489. The van der Waals surface area contributed by atoms with Crippen LogP contribution in [0.25, 0.3) is 0 Å². The van der Waals surface area contributed by atoms with Gasteiger partial charge in [-0.3, -0.25) is 9.48 Å². The van der Waals surface area contributed by atoms with Gasteiger partial charge in [0.2, 0.25) is 5.91 Å². The van der Waals surface area contributed by atoms with Crippen molar-refractivity contribution in [1.82, 2.24) is 15.1 Å². The molecule has 0 spiro atoms. The molecule has 0 aromatic carbocycles. The van der Waals surface area contributed by atoms with Crippen molar-refractivity contribution in [3.8, 4) is 0 Å². The van der Waals surface area contributed by atoms with Gasteiger partial charge in [0.15, 0.2) is 6.04 Å². The summed E-state index contributed by atoms with van der Waals surface area (Å²) in [7, 11) is 1.71. The van der Waals surface area contributed by atoms with Gasteiger partial charge in [-0.2, -0.15) is 5.10 Å². The van der Waals surface area contributed by atoms with Crippen molar-refractivity contribution in [1.29, 1.82) is 0 Å². The number of aromatic nitrogens is 2. The Morgan fingerprint density at radius 2 is 2.11 bits per heavy atom. The molecule has 0 radical (unpaired) electrons. The van der Waals surface area contributed by atoms with Crippen LogP contribution in [0.2, 0.25) is 0 Å². The normalized spacial score (nSPS) is 19.1. The average molecular weight is 265 g/mol. The smallest absolute Gasteiger partial charge is 0.331 e. The standard InChI is InChI=1S/C13H19N3O3/c1-13(5-3-4-6-13)12(19)15-10(11(17)18)9-7-14-16(2)8-9/h7-8,10H,3-6H2,1-2H3,(H,15,19)(H,17,18). The molecule has 2 N–H and O–H groups in total. The summed E-state index contributed by atoms with van der Waals surface area (Å²) in [4.78, 5) is 23.6. The van der Waals surface area contributed by atoms with E-state index in [9.17, 15) is 14.7 Å². The summed E-state index contributed by atoms with van der Waals surface area (Å²) < 4.78 is 1.52. The number of carbonyl (C=O) groups excluding carboxylic acids is 1. The lowest BCUT2D eigenvalue weighted by Crippen LogP contribution is -2.41. The van der Waals surface area contributed by atoms with Gasteiger partial charge in [-0.1, -0.05) is 19.8 Å². The molecule has 1 atom stereocenters. The van der Waals surface area contributed by atoms with Gasteiger partial charge < -0.3 is 10.4 Å². The molecule has 0 aliphatic heterocycles. The minimum atomic E-state index is -1.07. The van der Waals surface area contributed by atoms with Gasteiger partial charge in [0, 0.05) is 24.2 Å². The van der Waals surface area contributed by atoms with Crippen molar-refractivity contribution in [2.75, 3.05) is 0 Å². The zero-order valence-corrected chi connectivity index (χ0v) is 11.2. The van der Waals surface area contributed by atoms with Gasteiger partial charge in [-0.05, 0) is 12.8 Å². The largest absolute Gasteiger partial charge is 0.479 e. The Kier molecular flexibility index (Phi) is 3.59. The molecule has 1 saturated carbocycles. The second kappa shape index (κ2) is 5.03. The number of hydrogen-bond acceptors (Lipinski definition) is 3. The van der Waals surface area contributed by atoms with Crippen LogP contribution in [0.1, 0.15) is 44.2 Å². The fourth-order valence-corrected chi connectivity index (χ4v) is 2.56. The number of carbonyl (C=O) groups is 2. The molecule has 1 amide bonds. The van der Waals surface area contributed by atoms with Gasteiger partial charge in [0.1, 0.15) is 0 Å². The molecule has 1 aromatic rings. The van der Waals surface area contributed by atoms with Crippen LogP contribution in [0, 0.1) is 5.41 Å². The van der Waals surface area contributed by atoms with Crippen LogP contribution in [-0.2, 0) is 16.6 Å². The van der Waals surface area contributed by atoms with Crippen molar-refractivity contribution in [3.05, 3.63) is 18.0 Å². The monoisotopic (exact) mass is 265 g/mol. The Labute approximate surface area is 111 Å². The molecular formula is C13H19N3O3. The molecule has 1 fully saturated rings. The minimum Gasteiger partial charge on any atom is -0.479 e. The number of aliphatic carboxylic acids is 1. The van der Waals surface area contributed by atoms with Crippen LogP contribution in [0.4, 0.5) is 0 Å². The lowest BCUT2D eigenvalue weighted by molar-refractivity contribution is -0.143. The third-order valence-electron chi connectivity index (χ3n) is 3.84. The van der Waals surface area contributed by atoms with Crippen LogP contribution in [-0.4, -0.2) is 26.8 Å². The predicted octanol–water partition coefficient (Wildman–Crippen LogP) is 1.24. The number of rotatable bonds is 4. The van der Waals surface area contributed by atoms with Gasteiger partial charge in [0.05, 0.1) is 6.20 Å². The summed E-state index contributed by atoms with van der Waals surface area (Å²) in [5, 5.41) is 15.8. The van der Waals surface area contributed by atoms with Crippen LogP contribution in [0.5, 0.6) is 0 Å². The molecule has 1 aliphatic carbocycles. The SMILES string of the molecule is Cn1cc(C(NC(=O)C2(C)CCCC2)C(=O)O)cn1. The van der Waals surface area contributed by atoms with E-state index in [1.54, 1.807) is 13.2 Å². The van der Waals surface area contributed by atoms with Gasteiger partial charge in [-0.15, -0.1) is 0 Å². The molecule has 19 heavy (non-hydrogen) atoms. The van der Waals surface area contributed by atoms with Crippen molar-refractivity contribution >= 4 is 11.9 Å². The maximum atomic E-state index is 12.3. The molecule has 6 nitrogen and oxygen atoms in total. The quantitative estimate of drug-likeness (QED) is 0.858. The number of hydrogen-bond donors (Lipinski definition) is 2. The highest BCUT2D eigenvalue weighted by molar-refractivity contribution is 5.88. The molecule has 0 bridgehead atoms. The maximum absolute atomic E-state index is 12.3. The number of aryl methyl sites for hydroxylation is 1. The molecule has 1 aromatic heterocycles. The van der Waals surface area contributed by atoms with Crippen molar-refractivity contribution in [2.45, 2.75) is 38.6 Å². The van der Waals surface area contributed by atoms with Crippen molar-refractivity contribution in [3.63, 3.8) is 0 Å². The number of nitrogens with zero attached hydrogens (tertiary/aromatic N) is 2. The number of amides is 1. The summed E-state index contributed by atoms with van der Waals surface area (Å²) in [6, 6.07) is -1.03. The van der Waals surface area contributed by atoms with E-state index in [-0.39, 0.29) is 5.91 Å². The van der Waals surface area contributed by atoms with E-state index in [1.165, 1.54) is 10.9 Å². The van der Waals surface area contributed by atoms with Crippen molar-refractivity contribution < 1.29 is 14.7 Å². The number of nitrogens with one attached hydrogen (secondary N) is 1. The first-order chi connectivity index (χ1) is 8.92. The zero-order valence-electron chi connectivity index (χ0n) is 11.2. The topological polar surface area (TPSA) is 84.2 Å². The molecule has 6 heteroatoms. The fraction of sp³-hybridized carbons (Fsp3) is 0.615. The van der Waals surface area contributed by atoms with Gasteiger partial charge >= 0.3 is 5.97 Å². The number of carboxylic acids is 1. The van der Waals surface area contributed by atoms with Crippen LogP contribution in [0.15, 0.2) is 12.4 Å². The first-order valence-corrected chi connectivity index (χ1v) is 6.45. The van der Waals surface area contributed by atoms with Gasteiger partial charge in [-0.25, -0.2) is 4.79 Å². The van der Waals surface area contributed by atoms with E-state index in [0.717, 1.165) is 25.7 Å². The van der Waals surface area contributed by atoms with Crippen LogP contribution < -0.4 is 5.32 Å². The fourth-order valence-electron chi connectivity index (χ4n) is 2.56. The first kappa shape index (κ1) is 13.6. The summed E-state index contributed by atoms with van der Waals surface area (Å²) >= 11 is 0. The average Bonchev–Trinajstić information content (AvgIpc) is 2.95. The lowest BCUT2D eigenvalue weighted by Gasteiger charge is -2.24. The molecule has 2 rings (SSSR count). The van der Waals surface area contributed by atoms with E-state index in [4.69, 9.17) is 0 Å². The second-order valence-electron chi connectivity index (χ2n) is 5.46. The van der Waals surface area contributed by atoms with E-state index >= 15 is 0 Å². The Morgan fingerprint density at radius 1 is 1.47 bits per heavy atom. The molecule has 1 heterocycles. The zero-order chi connectivity index (χ0) is 14.0. The van der Waals surface area contributed by atoms with E-state index < -0.39 is 17.4 Å². The Morgan fingerprint density at radius 3 is 2.58 bits per heavy atom. The number of carboxylic acid groups (broad SMARTS) is 1. The highest BCUT2D eigenvalue weighted by atomic mass is 16.4. The van der Waals surface area contributed by atoms with Crippen LogP contribution in [0.3, 0.4) is 0 Å². The summed E-state index contributed by atoms with van der Waals surface area (Å²) in [6.45, 7) is 1.90. The molecule has 104 valence electrons. The summed E-state index contributed by atoms with van der Waals surface area (Å²) in [5.41, 5.74) is 0.0561. The second-order valence-corrected chi connectivity index (χ2v) is 5.46. The third-order valence-corrected chi connectivity index (χ3v) is 3.84. The summed E-state index contributed by atoms with van der Waals surface area (Å²) in [6.07, 6.45) is 6.76. The third kappa shape index (κ3) is 2.77. The minimum absolute atomic E-state index is 0.179. The molecular weight excluding hydrogens is 246 g/mol. The Balaban J connectivity index is 2.13.